The average molecular weight is 448 g/mol. The molecule has 4 rings (SSSR count). The Morgan fingerprint density at radius 2 is 1.72 bits per heavy atom. The first-order chi connectivity index (χ1) is 15.3. The van der Waals surface area contributed by atoms with Gasteiger partial charge in [0.2, 0.25) is 11.8 Å². The number of amides is 2. The van der Waals surface area contributed by atoms with Crippen molar-refractivity contribution < 1.29 is 9.59 Å². The molecule has 0 unspecified atom stereocenters. The van der Waals surface area contributed by atoms with E-state index >= 15 is 0 Å². The van der Waals surface area contributed by atoms with Crippen molar-refractivity contribution >= 4 is 45.8 Å². The Labute approximate surface area is 190 Å². The van der Waals surface area contributed by atoms with E-state index in [2.05, 4.69) is 21.6 Å². The average Bonchev–Trinajstić information content (AvgIpc) is 3.17. The summed E-state index contributed by atoms with van der Waals surface area (Å²) in [7, 11) is 1.63. The second-order valence-electron chi connectivity index (χ2n) is 7.87. The number of fused-ring (bicyclic) bond motifs is 3. The van der Waals surface area contributed by atoms with Gasteiger partial charge < -0.3 is 10.2 Å². The van der Waals surface area contributed by atoms with Gasteiger partial charge in [0.25, 0.3) is 0 Å². The summed E-state index contributed by atoms with van der Waals surface area (Å²) < 4.78 is 1.97. The van der Waals surface area contributed by atoms with Gasteiger partial charge in [0.15, 0.2) is 10.8 Å². The molecule has 0 aliphatic carbocycles. The topological polar surface area (TPSA) is 79.6 Å². The zero-order chi connectivity index (χ0) is 22.8. The number of hydrogen-bond donors (Lipinski definition) is 1. The lowest BCUT2D eigenvalue weighted by atomic mass is 10.1. The Kier molecular flexibility index (Phi) is 6.14. The molecule has 2 aromatic carbocycles. The van der Waals surface area contributed by atoms with Crippen molar-refractivity contribution in [3.05, 3.63) is 65.2 Å². The van der Waals surface area contributed by atoms with E-state index in [1.54, 1.807) is 7.05 Å². The fourth-order valence-corrected chi connectivity index (χ4v) is 4.59. The van der Waals surface area contributed by atoms with Crippen molar-refractivity contribution in [3.8, 4) is 0 Å². The van der Waals surface area contributed by atoms with Gasteiger partial charge in [-0.15, -0.1) is 10.2 Å². The second-order valence-corrected chi connectivity index (χ2v) is 8.82. The molecule has 2 amide bonds. The van der Waals surface area contributed by atoms with E-state index in [1.165, 1.54) is 16.7 Å². The highest BCUT2D eigenvalue weighted by molar-refractivity contribution is 7.99. The molecule has 0 radical (unpaired) electrons. The van der Waals surface area contributed by atoms with Crippen LogP contribution in [0.2, 0.25) is 0 Å². The quantitative estimate of drug-likeness (QED) is 0.452. The molecule has 0 saturated heterocycles. The van der Waals surface area contributed by atoms with Gasteiger partial charge in [-0.3, -0.25) is 14.0 Å². The molecule has 7 nitrogen and oxygen atoms in total. The Hall–Kier alpha value is -3.39. The first-order valence-electron chi connectivity index (χ1n) is 10.3. The molecule has 2 aromatic heterocycles. The van der Waals surface area contributed by atoms with Gasteiger partial charge >= 0.3 is 0 Å². The standard InChI is InChI=1S/C24H25N5O2S/c1-15-8-7-9-16(2)23(15)25-21(30)13-28(4)22(31)14-32-24-27-26-20-12-17(3)18-10-5-6-11-19(18)29(20)24/h5-12H,13-14H2,1-4H3,(H,25,30). The third-order valence-corrected chi connectivity index (χ3v) is 6.36. The van der Waals surface area contributed by atoms with E-state index < -0.39 is 0 Å². The molecule has 0 atom stereocenters. The van der Waals surface area contributed by atoms with Crippen LogP contribution in [0, 0.1) is 20.8 Å². The summed E-state index contributed by atoms with van der Waals surface area (Å²) in [5.74, 6) is -0.214. The van der Waals surface area contributed by atoms with Crippen LogP contribution in [0.1, 0.15) is 16.7 Å². The maximum Gasteiger partial charge on any atom is 0.243 e. The van der Waals surface area contributed by atoms with Gasteiger partial charge in [0, 0.05) is 18.1 Å². The van der Waals surface area contributed by atoms with E-state index in [-0.39, 0.29) is 24.1 Å². The normalized spacial score (nSPS) is 11.1. The van der Waals surface area contributed by atoms with Gasteiger partial charge in [-0.05, 0) is 49.6 Å². The van der Waals surface area contributed by atoms with Crippen LogP contribution in [0.15, 0.2) is 53.7 Å². The fourth-order valence-electron chi connectivity index (χ4n) is 3.70. The third-order valence-electron chi connectivity index (χ3n) is 5.45. The SMILES string of the molecule is Cc1cccc(C)c1NC(=O)CN(C)C(=O)CSc1nnc2cc(C)c3ccccc3n12. The van der Waals surface area contributed by atoms with Crippen LogP contribution >= 0.6 is 11.8 Å². The lowest BCUT2D eigenvalue weighted by Gasteiger charge is -2.18. The fraction of sp³-hybridized carbons (Fsp3) is 0.250. The number of pyridine rings is 1. The minimum Gasteiger partial charge on any atom is -0.336 e. The lowest BCUT2D eigenvalue weighted by Crippen LogP contribution is -2.36. The molecule has 1 N–H and O–H groups in total. The Morgan fingerprint density at radius 3 is 2.47 bits per heavy atom. The van der Waals surface area contributed by atoms with Crippen LogP contribution < -0.4 is 5.32 Å². The maximum absolute atomic E-state index is 12.7. The van der Waals surface area contributed by atoms with Crippen LogP contribution in [-0.2, 0) is 9.59 Å². The first-order valence-corrected chi connectivity index (χ1v) is 11.3. The zero-order valence-electron chi connectivity index (χ0n) is 18.5. The van der Waals surface area contributed by atoms with Crippen molar-refractivity contribution in [2.75, 3.05) is 24.7 Å². The summed E-state index contributed by atoms with van der Waals surface area (Å²) in [6.07, 6.45) is 0. The van der Waals surface area contributed by atoms with Crippen molar-refractivity contribution in [3.63, 3.8) is 0 Å². The van der Waals surface area contributed by atoms with Crippen LogP contribution in [0.5, 0.6) is 0 Å². The van der Waals surface area contributed by atoms with Gasteiger partial charge in [-0.25, -0.2) is 0 Å². The molecule has 164 valence electrons. The molecule has 0 fully saturated rings. The minimum absolute atomic E-state index is 0.0180. The molecule has 32 heavy (non-hydrogen) atoms. The molecule has 0 spiro atoms. The highest BCUT2D eigenvalue weighted by Gasteiger charge is 2.17. The van der Waals surface area contributed by atoms with Crippen LogP contribution in [0.3, 0.4) is 0 Å². The van der Waals surface area contributed by atoms with E-state index in [4.69, 9.17) is 0 Å². The highest BCUT2D eigenvalue weighted by Crippen LogP contribution is 2.26. The summed E-state index contributed by atoms with van der Waals surface area (Å²) in [6, 6.07) is 15.9. The molecule has 0 bridgehead atoms. The second kappa shape index (κ2) is 9.00. The maximum atomic E-state index is 12.7. The number of aromatic nitrogens is 3. The summed E-state index contributed by atoms with van der Waals surface area (Å²) in [4.78, 5) is 26.6. The number of aryl methyl sites for hydroxylation is 3. The number of para-hydroxylation sites is 2. The largest absolute Gasteiger partial charge is 0.336 e. The van der Waals surface area contributed by atoms with Crippen molar-refractivity contribution in [1.29, 1.82) is 0 Å². The molecule has 4 aromatic rings. The summed E-state index contributed by atoms with van der Waals surface area (Å²) in [6.45, 7) is 5.92. The lowest BCUT2D eigenvalue weighted by molar-refractivity contribution is -0.131. The number of anilines is 1. The smallest absolute Gasteiger partial charge is 0.243 e. The number of nitrogens with zero attached hydrogens (tertiary/aromatic N) is 4. The van der Waals surface area contributed by atoms with E-state index in [0.717, 1.165) is 38.9 Å². The Morgan fingerprint density at radius 1 is 1.00 bits per heavy atom. The van der Waals surface area contributed by atoms with Crippen LogP contribution in [0.4, 0.5) is 5.69 Å². The van der Waals surface area contributed by atoms with E-state index in [1.807, 2.05) is 67.6 Å². The molecular weight excluding hydrogens is 422 g/mol. The number of nitrogens with one attached hydrogen (secondary N) is 1. The summed E-state index contributed by atoms with van der Waals surface area (Å²) >= 11 is 1.32. The number of hydrogen-bond acceptors (Lipinski definition) is 5. The molecule has 2 heterocycles. The van der Waals surface area contributed by atoms with Gasteiger partial charge in [0.05, 0.1) is 17.8 Å². The number of thioether (sulfide) groups is 1. The molecule has 8 heteroatoms. The minimum atomic E-state index is -0.224. The van der Waals surface area contributed by atoms with Crippen LogP contribution in [0.25, 0.3) is 16.6 Å². The Balaban J connectivity index is 1.43. The van der Waals surface area contributed by atoms with Crippen molar-refractivity contribution in [1.82, 2.24) is 19.5 Å². The monoisotopic (exact) mass is 447 g/mol. The van der Waals surface area contributed by atoms with Crippen molar-refractivity contribution in [2.45, 2.75) is 25.9 Å². The number of rotatable bonds is 6. The molecule has 0 aliphatic heterocycles. The van der Waals surface area contributed by atoms with Crippen LogP contribution in [-0.4, -0.2) is 50.7 Å². The number of benzene rings is 2. The molecule has 0 aliphatic rings. The molecule has 0 saturated carbocycles. The van der Waals surface area contributed by atoms with E-state index in [9.17, 15) is 9.59 Å². The predicted octanol–water partition coefficient (Wildman–Crippen LogP) is 4.00. The third kappa shape index (κ3) is 4.31. The number of carbonyl (C=O) groups is 2. The number of carbonyl (C=O) groups excluding carboxylic acids is 2. The highest BCUT2D eigenvalue weighted by atomic mass is 32.2. The van der Waals surface area contributed by atoms with E-state index in [0.29, 0.717) is 5.16 Å². The van der Waals surface area contributed by atoms with Gasteiger partial charge in [-0.2, -0.15) is 0 Å². The predicted molar refractivity (Wildman–Crippen MR) is 128 cm³/mol. The Bertz CT molecular complexity index is 1310. The number of likely N-dealkylation sites (N-methyl/N-ethyl adjacent to an activating group) is 1. The van der Waals surface area contributed by atoms with Gasteiger partial charge in [-0.1, -0.05) is 48.2 Å². The van der Waals surface area contributed by atoms with Gasteiger partial charge in [0.1, 0.15) is 0 Å². The summed E-state index contributed by atoms with van der Waals surface area (Å²) in [5, 5.41) is 13.2. The summed E-state index contributed by atoms with van der Waals surface area (Å²) in [5.41, 5.74) is 5.65. The molecular formula is C24H25N5O2S. The van der Waals surface area contributed by atoms with Crippen molar-refractivity contribution in [2.24, 2.45) is 0 Å². The zero-order valence-corrected chi connectivity index (χ0v) is 19.4. The first kappa shape index (κ1) is 21.8.